The van der Waals surface area contributed by atoms with Gasteiger partial charge in [0.1, 0.15) is 17.3 Å². The summed E-state index contributed by atoms with van der Waals surface area (Å²) in [5.74, 6) is 2.76. The number of methoxy groups -OCH3 is 1. The van der Waals surface area contributed by atoms with Gasteiger partial charge in [0.15, 0.2) is 0 Å². The molecule has 0 radical (unpaired) electrons. The molecule has 0 saturated carbocycles. The Balaban J connectivity index is 1.49. The lowest BCUT2D eigenvalue weighted by molar-refractivity contribution is -0.129. The van der Waals surface area contributed by atoms with Crippen molar-refractivity contribution in [3.05, 3.63) is 54.4 Å². The van der Waals surface area contributed by atoms with Gasteiger partial charge < -0.3 is 18.9 Å². The lowest BCUT2D eigenvalue weighted by Gasteiger charge is -2.24. The van der Waals surface area contributed by atoms with Crippen molar-refractivity contribution in [3.63, 3.8) is 0 Å². The summed E-state index contributed by atoms with van der Waals surface area (Å²) in [5.41, 5.74) is 2.09. The number of rotatable bonds is 7. The van der Waals surface area contributed by atoms with Gasteiger partial charge in [-0.2, -0.15) is 0 Å². The molecule has 152 valence electrons. The van der Waals surface area contributed by atoms with E-state index in [1.54, 1.807) is 14.0 Å². The van der Waals surface area contributed by atoms with Crippen molar-refractivity contribution in [1.82, 2.24) is 14.5 Å². The highest BCUT2D eigenvalue weighted by molar-refractivity contribution is 5.77. The third-order valence-electron chi connectivity index (χ3n) is 5.49. The summed E-state index contributed by atoms with van der Waals surface area (Å²) in [6.07, 6.45) is 2.84. The Hall–Kier alpha value is -3.02. The summed E-state index contributed by atoms with van der Waals surface area (Å²) in [6, 6.07) is 15.9. The van der Waals surface area contributed by atoms with Gasteiger partial charge in [0, 0.05) is 20.0 Å². The molecule has 0 N–H and O–H groups in total. The zero-order valence-electron chi connectivity index (χ0n) is 17.0. The van der Waals surface area contributed by atoms with E-state index >= 15 is 0 Å². The van der Waals surface area contributed by atoms with Crippen LogP contribution in [0.3, 0.4) is 0 Å². The Morgan fingerprint density at radius 1 is 1.14 bits per heavy atom. The molecule has 1 aliphatic rings. The molecular weight excluding hydrogens is 366 g/mol. The fourth-order valence-corrected chi connectivity index (χ4v) is 4.08. The van der Waals surface area contributed by atoms with Gasteiger partial charge in [0.05, 0.1) is 30.8 Å². The Bertz CT molecular complexity index is 981. The number of imidazole rings is 1. The average molecular weight is 393 g/mol. The molecule has 1 fully saturated rings. The van der Waals surface area contributed by atoms with Crippen molar-refractivity contribution < 1.29 is 14.3 Å². The van der Waals surface area contributed by atoms with E-state index in [2.05, 4.69) is 10.6 Å². The summed E-state index contributed by atoms with van der Waals surface area (Å²) in [4.78, 5) is 18.9. The molecule has 1 aliphatic heterocycles. The number of ether oxygens (including phenoxy) is 2. The first-order chi connectivity index (χ1) is 14.2. The summed E-state index contributed by atoms with van der Waals surface area (Å²) in [5, 5.41) is 0. The van der Waals surface area contributed by atoms with Crippen molar-refractivity contribution in [2.75, 3.05) is 20.3 Å². The zero-order chi connectivity index (χ0) is 20.2. The van der Waals surface area contributed by atoms with E-state index < -0.39 is 0 Å². The molecule has 0 spiro atoms. The molecule has 1 saturated heterocycles. The lowest BCUT2D eigenvalue weighted by atomic mass is 10.2. The maximum Gasteiger partial charge on any atom is 0.220 e. The number of para-hydroxylation sites is 2. The maximum absolute atomic E-state index is 12.1. The van der Waals surface area contributed by atoms with E-state index in [1.807, 2.05) is 47.4 Å². The van der Waals surface area contributed by atoms with Crippen LogP contribution in [0, 0.1) is 0 Å². The maximum atomic E-state index is 12.1. The highest BCUT2D eigenvalue weighted by Gasteiger charge is 2.31. The van der Waals surface area contributed by atoms with Crippen LogP contribution in [0.1, 0.15) is 38.1 Å². The van der Waals surface area contributed by atoms with E-state index in [0.29, 0.717) is 6.61 Å². The molecule has 0 aliphatic carbocycles. The molecule has 6 nitrogen and oxygen atoms in total. The number of nitrogens with zero attached hydrogens (tertiary/aromatic N) is 3. The van der Waals surface area contributed by atoms with E-state index in [9.17, 15) is 4.79 Å². The normalized spacial score (nSPS) is 16.3. The standard InChI is InChI=1S/C23H27N3O3/c1-17(27)25-14-5-9-22(25)23-24-20-7-3-4-8-21(20)26(23)15-6-16-29-19-12-10-18(28-2)11-13-19/h3-4,7-8,10-13,22H,5-6,9,14-16H2,1-2H3. The number of likely N-dealkylation sites (tertiary alicyclic amines) is 1. The van der Waals surface area contributed by atoms with Gasteiger partial charge in [-0.3, -0.25) is 4.79 Å². The molecule has 29 heavy (non-hydrogen) atoms. The minimum Gasteiger partial charge on any atom is -0.497 e. The second-order valence-corrected chi connectivity index (χ2v) is 7.36. The van der Waals surface area contributed by atoms with E-state index in [-0.39, 0.29) is 11.9 Å². The van der Waals surface area contributed by atoms with Gasteiger partial charge in [0.2, 0.25) is 5.91 Å². The Morgan fingerprint density at radius 2 is 1.90 bits per heavy atom. The molecule has 1 aromatic heterocycles. The quantitative estimate of drug-likeness (QED) is 0.565. The van der Waals surface area contributed by atoms with Gasteiger partial charge in [0.25, 0.3) is 0 Å². The number of carbonyl (C=O) groups is 1. The fourth-order valence-electron chi connectivity index (χ4n) is 4.08. The van der Waals surface area contributed by atoms with Crippen molar-refractivity contribution in [1.29, 1.82) is 0 Å². The topological polar surface area (TPSA) is 56.6 Å². The van der Waals surface area contributed by atoms with Crippen LogP contribution in [0.15, 0.2) is 48.5 Å². The molecule has 3 aromatic rings. The zero-order valence-corrected chi connectivity index (χ0v) is 17.0. The predicted molar refractivity (Wildman–Crippen MR) is 112 cm³/mol. The van der Waals surface area contributed by atoms with Crippen molar-refractivity contribution in [2.45, 2.75) is 38.8 Å². The number of aryl methyl sites for hydroxylation is 1. The molecule has 1 amide bonds. The molecule has 6 heteroatoms. The van der Waals surface area contributed by atoms with Gasteiger partial charge >= 0.3 is 0 Å². The number of carbonyl (C=O) groups excluding carboxylic acids is 1. The SMILES string of the molecule is COc1ccc(OCCCn2c(C3CCCN3C(C)=O)nc3ccccc32)cc1. The van der Waals surface area contributed by atoms with Crippen molar-refractivity contribution in [2.24, 2.45) is 0 Å². The summed E-state index contributed by atoms with van der Waals surface area (Å²) in [6.45, 7) is 3.87. The molecule has 4 rings (SSSR count). The second-order valence-electron chi connectivity index (χ2n) is 7.36. The summed E-state index contributed by atoms with van der Waals surface area (Å²) < 4.78 is 13.3. The Kier molecular flexibility index (Phi) is 5.69. The van der Waals surface area contributed by atoms with Gasteiger partial charge in [-0.25, -0.2) is 4.98 Å². The van der Waals surface area contributed by atoms with Gasteiger partial charge in [-0.1, -0.05) is 12.1 Å². The molecular formula is C23H27N3O3. The van der Waals surface area contributed by atoms with Crippen LogP contribution >= 0.6 is 0 Å². The summed E-state index contributed by atoms with van der Waals surface area (Å²) in [7, 11) is 1.65. The molecule has 2 aromatic carbocycles. The van der Waals surface area contributed by atoms with E-state index in [1.165, 1.54) is 0 Å². The highest BCUT2D eigenvalue weighted by atomic mass is 16.5. The van der Waals surface area contributed by atoms with Crippen molar-refractivity contribution >= 4 is 16.9 Å². The first-order valence-corrected chi connectivity index (χ1v) is 10.2. The largest absolute Gasteiger partial charge is 0.497 e. The smallest absolute Gasteiger partial charge is 0.220 e. The number of amides is 1. The van der Waals surface area contributed by atoms with E-state index in [0.717, 1.165) is 60.7 Å². The van der Waals surface area contributed by atoms with E-state index in [4.69, 9.17) is 14.5 Å². The minimum atomic E-state index is 0.0578. The number of fused-ring (bicyclic) bond motifs is 1. The monoisotopic (exact) mass is 393 g/mol. The average Bonchev–Trinajstić information content (AvgIpc) is 3.36. The van der Waals surface area contributed by atoms with Crippen molar-refractivity contribution in [3.8, 4) is 11.5 Å². The third-order valence-corrected chi connectivity index (χ3v) is 5.49. The summed E-state index contributed by atoms with van der Waals surface area (Å²) >= 11 is 0. The first-order valence-electron chi connectivity index (χ1n) is 10.2. The number of aromatic nitrogens is 2. The number of hydrogen-bond donors (Lipinski definition) is 0. The lowest BCUT2D eigenvalue weighted by Crippen LogP contribution is -2.30. The third kappa shape index (κ3) is 4.06. The predicted octanol–water partition coefficient (Wildman–Crippen LogP) is 4.20. The van der Waals surface area contributed by atoms with Crippen LogP contribution in [-0.2, 0) is 11.3 Å². The van der Waals surface area contributed by atoms with Crippen LogP contribution in [-0.4, -0.2) is 40.6 Å². The molecule has 2 heterocycles. The molecule has 1 atom stereocenters. The fraction of sp³-hybridized carbons (Fsp3) is 0.391. The van der Waals surface area contributed by atoms with Crippen LogP contribution in [0.4, 0.5) is 0 Å². The Labute approximate surface area is 171 Å². The number of hydrogen-bond acceptors (Lipinski definition) is 4. The molecule has 1 unspecified atom stereocenters. The van der Waals surface area contributed by atoms with Crippen LogP contribution in [0.2, 0.25) is 0 Å². The van der Waals surface area contributed by atoms with Crippen LogP contribution in [0.5, 0.6) is 11.5 Å². The second kappa shape index (κ2) is 8.55. The molecule has 0 bridgehead atoms. The van der Waals surface area contributed by atoms with Gasteiger partial charge in [-0.15, -0.1) is 0 Å². The highest BCUT2D eigenvalue weighted by Crippen LogP contribution is 2.33. The first kappa shape index (κ1) is 19.3. The minimum absolute atomic E-state index is 0.0578. The van der Waals surface area contributed by atoms with Crippen LogP contribution in [0.25, 0.3) is 11.0 Å². The Morgan fingerprint density at radius 3 is 2.66 bits per heavy atom. The number of benzene rings is 2. The van der Waals surface area contributed by atoms with Gasteiger partial charge in [-0.05, 0) is 55.7 Å². The van der Waals surface area contributed by atoms with Crippen LogP contribution < -0.4 is 9.47 Å².